The van der Waals surface area contributed by atoms with E-state index >= 15 is 0 Å². The van der Waals surface area contributed by atoms with Gasteiger partial charge in [-0.1, -0.05) is 42.5 Å². The second kappa shape index (κ2) is 12.3. The van der Waals surface area contributed by atoms with Gasteiger partial charge in [-0.05, 0) is 36.1 Å². The van der Waals surface area contributed by atoms with Crippen LogP contribution in [0.4, 0.5) is 13.2 Å². The minimum atomic E-state index is -2.92. The average Bonchev–Trinajstić information content (AvgIpc) is 3.21. The minimum Gasteiger partial charge on any atom is -1.00 e. The SMILES string of the molecule is Cc1n(CCCOC(=O)[C@](O)(c2ccccc2)[C@@H]2CCCC(F)(F)C2)cc[n+]1Cc1ccc(F)cc1.[Br-]. The number of carbonyl (C=O) groups is 1. The Bertz CT molecular complexity index is 1170. The van der Waals surface area contributed by atoms with Crippen molar-refractivity contribution in [2.75, 3.05) is 6.61 Å². The molecular weight excluding hydrogens is 549 g/mol. The van der Waals surface area contributed by atoms with E-state index in [0.717, 1.165) is 11.4 Å². The summed E-state index contributed by atoms with van der Waals surface area (Å²) in [6, 6.07) is 14.6. The van der Waals surface area contributed by atoms with Crippen molar-refractivity contribution < 1.29 is 49.4 Å². The number of alkyl halides is 2. The molecule has 4 rings (SSSR count). The molecule has 0 aliphatic heterocycles. The van der Waals surface area contributed by atoms with Crippen LogP contribution in [-0.4, -0.2) is 28.2 Å². The van der Waals surface area contributed by atoms with Gasteiger partial charge in [0.15, 0.2) is 5.60 Å². The summed E-state index contributed by atoms with van der Waals surface area (Å²) in [6.45, 7) is 3.19. The number of hydrogen-bond donors (Lipinski definition) is 1. The number of halogens is 4. The monoisotopic (exact) mass is 580 g/mol. The molecule has 200 valence electrons. The van der Waals surface area contributed by atoms with Gasteiger partial charge >= 0.3 is 5.97 Å². The Balaban J connectivity index is 0.00000380. The summed E-state index contributed by atoms with van der Waals surface area (Å²) in [6.07, 6.45) is 4.12. The van der Waals surface area contributed by atoms with Crippen LogP contribution in [0.1, 0.15) is 49.1 Å². The fraction of sp³-hybridized carbons (Fsp3) is 0.429. The van der Waals surface area contributed by atoms with Crippen LogP contribution in [0.25, 0.3) is 0 Å². The predicted molar refractivity (Wildman–Crippen MR) is 128 cm³/mol. The first-order valence-corrected chi connectivity index (χ1v) is 12.3. The van der Waals surface area contributed by atoms with Crippen LogP contribution in [0.3, 0.4) is 0 Å². The molecule has 1 heterocycles. The standard InChI is InChI=1S/C28H32F3N2O3.BrH/c1-21-32(16-17-33(21)20-22-10-12-25(29)13-11-22)15-6-18-36-26(34)28(35,23-7-3-2-4-8-23)24-9-5-14-27(30,31)19-24;/h2-4,7-8,10-13,16-17,24,35H,5-6,9,14-15,18-20H2,1H3;1H/q+1;/p-1/t24-,28+;/m1./s1. The molecule has 0 radical (unpaired) electrons. The van der Waals surface area contributed by atoms with E-state index in [1.165, 1.54) is 12.1 Å². The quantitative estimate of drug-likeness (QED) is 0.239. The third-order valence-electron chi connectivity index (χ3n) is 7.06. The van der Waals surface area contributed by atoms with E-state index in [2.05, 4.69) is 0 Å². The van der Waals surface area contributed by atoms with Gasteiger partial charge in [-0.25, -0.2) is 27.1 Å². The lowest BCUT2D eigenvalue weighted by Crippen LogP contribution is -3.00. The number of aromatic nitrogens is 2. The highest BCUT2D eigenvalue weighted by atomic mass is 79.9. The molecule has 9 heteroatoms. The molecule has 1 saturated carbocycles. The molecule has 2 aromatic carbocycles. The number of aliphatic hydroxyl groups is 1. The smallest absolute Gasteiger partial charge is 0.343 e. The molecule has 1 N–H and O–H groups in total. The number of carbonyl (C=O) groups excluding carboxylic acids is 1. The van der Waals surface area contributed by atoms with Crippen LogP contribution in [-0.2, 0) is 28.2 Å². The molecular formula is C28H32BrF3N2O3. The number of benzene rings is 2. The second-order valence-corrected chi connectivity index (χ2v) is 9.56. The molecule has 0 unspecified atom stereocenters. The number of imidazole rings is 1. The number of ether oxygens (including phenoxy) is 1. The highest BCUT2D eigenvalue weighted by Gasteiger charge is 2.52. The Morgan fingerprint density at radius 2 is 1.89 bits per heavy atom. The predicted octanol–water partition coefficient (Wildman–Crippen LogP) is 1.92. The molecule has 1 aliphatic rings. The summed E-state index contributed by atoms with van der Waals surface area (Å²) in [4.78, 5) is 13.1. The zero-order valence-electron chi connectivity index (χ0n) is 20.8. The number of esters is 1. The Morgan fingerprint density at radius 3 is 2.57 bits per heavy atom. The fourth-order valence-electron chi connectivity index (χ4n) is 4.98. The van der Waals surface area contributed by atoms with E-state index in [1.807, 2.05) is 28.5 Å². The van der Waals surface area contributed by atoms with Crippen molar-refractivity contribution in [1.29, 1.82) is 0 Å². The maximum atomic E-state index is 14.2. The average molecular weight is 581 g/mol. The zero-order chi connectivity index (χ0) is 25.8. The molecule has 3 aromatic rings. The molecule has 0 amide bonds. The lowest BCUT2D eigenvalue weighted by atomic mass is 9.72. The van der Waals surface area contributed by atoms with Gasteiger partial charge in [0.25, 0.3) is 5.82 Å². The van der Waals surface area contributed by atoms with Gasteiger partial charge in [0.05, 0.1) is 13.2 Å². The molecule has 2 atom stereocenters. The maximum Gasteiger partial charge on any atom is 0.343 e. The summed E-state index contributed by atoms with van der Waals surface area (Å²) >= 11 is 0. The lowest BCUT2D eigenvalue weighted by Gasteiger charge is -2.39. The van der Waals surface area contributed by atoms with Crippen molar-refractivity contribution in [2.45, 2.75) is 63.6 Å². The summed E-state index contributed by atoms with van der Waals surface area (Å²) in [5, 5.41) is 11.5. The van der Waals surface area contributed by atoms with E-state index in [9.17, 15) is 23.1 Å². The van der Waals surface area contributed by atoms with Crippen LogP contribution in [0, 0.1) is 18.7 Å². The molecule has 1 aromatic heterocycles. The molecule has 0 spiro atoms. The summed E-state index contributed by atoms with van der Waals surface area (Å²) in [5.74, 6) is -4.01. The van der Waals surface area contributed by atoms with Crippen molar-refractivity contribution in [3.63, 3.8) is 0 Å². The van der Waals surface area contributed by atoms with E-state index < -0.39 is 29.8 Å². The zero-order valence-corrected chi connectivity index (χ0v) is 22.3. The van der Waals surface area contributed by atoms with Gasteiger partial charge in [-0.2, -0.15) is 0 Å². The van der Waals surface area contributed by atoms with Crippen molar-refractivity contribution in [3.8, 4) is 0 Å². The molecule has 5 nitrogen and oxygen atoms in total. The second-order valence-electron chi connectivity index (χ2n) is 9.56. The Labute approximate surface area is 225 Å². The Hall–Kier alpha value is -2.65. The first kappa shape index (κ1) is 28.9. The highest BCUT2D eigenvalue weighted by molar-refractivity contribution is 5.81. The van der Waals surface area contributed by atoms with Crippen LogP contribution in [0.15, 0.2) is 67.0 Å². The van der Waals surface area contributed by atoms with Gasteiger partial charge in [-0.15, -0.1) is 0 Å². The number of aryl methyl sites for hydroxylation is 1. The van der Waals surface area contributed by atoms with E-state index in [0.29, 0.717) is 25.9 Å². The van der Waals surface area contributed by atoms with Gasteiger partial charge in [0, 0.05) is 32.1 Å². The molecule has 37 heavy (non-hydrogen) atoms. The van der Waals surface area contributed by atoms with E-state index in [4.69, 9.17) is 4.74 Å². The minimum absolute atomic E-state index is 0. The largest absolute Gasteiger partial charge is 1.00 e. The summed E-state index contributed by atoms with van der Waals surface area (Å²) in [5.41, 5.74) is -0.863. The Kier molecular flexibility index (Phi) is 9.58. The highest BCUT2D eigenvalue weighted by Crippen LogP contribution is 2.45. The molecule has 0 saturated heterocycles. The van der Waals surface area contributed by atoms with Gasteiger partial charge in [0.2, 0.25) is 5.92 Å². The number of hydrogen-bond acceptors (Lipinski definition) is 3. The normalized spacial score (nSPS) is 18.5. The van der Waals surface area contributed by atoms with Gasteiger partial charge < -0.3 is 26.8 Å². The molecule has 1 aliphatic carbocycles. The Morgan fingerprint density at radius 1 is 1.19 bits per heavy atom. The summed E-state index contributed by atoms with van der Waals surface area (Å²) in [7, 11) is 0. The maximum absolute atomic E-state index is 14.2. The van der Waals surface area contributed by atoms with Crippen LogP contribution in [0.2, 0.25) is 0 Å². The van der Waals surface area contributed by atoms with Gasteiger partial charge in [-0.3, -0.25) is 0 Å². The lowest BCUT2D eigenvalue weighted by molar-refractivity contribution is -0.694. The van der Waals surface area contributed by atoms with Crippen molar-refractivity contribution >= 4 is 5.97 Å². The first-order chi connectivity index (χ1) is 17.2. The van der Waals surface area contributed by atoms with Crippen molar-refractivity contribution in [2.24, 2.45) is 5.92 Å². The fourth-order valence-corrected chi connectivity index (χ4v) is 4.98. The van der Waals surface area contributed by atoms with Crippen LogP contribution in [0.5, 0.6) is 0 Å². The van der Waals surface area contributed by atoms with Crippen molar-refractivity contribution in [3.05, 3.63) is 89.8 Å². The van der Waals surface area contributed by atoms with Crippen LogP contribution < -0.4 is 21.5 Å². The molecule has 1 fully saturated rings. The number of rotatable bonds is 9. The van der Waals surface area contributed by atoms with E-state index in [-0.39, 0.29) is 47.8 Å². The first-order valence-electron chi connectivity index (χ1n) is 12.3. The topological polar surface area (TPSA) is 55.3 Å². The number of nitrogens with zero attached hydrogens (tertiary/aromatic N) is 2. The third kappa shape index (κ3) is 6.82. The molecule has 0 bridgehead atoms. The van der Waals surface area contributed by atoms with Crippen LogP contribution >= 0.6 is 0 Å². The van der Waals surface area contributed by atoms with Gasteiger partial charge in [0.1, 0.15) is 24.8 Å². The summed E-state index contributed by atoms with van der Waals surface area (Å²) < 4.78 is 51.0. The third-order valence-corrected chi connectivity index (χ3v) is 7.06. The van der Waals surface area contributed by atoms with E-state index in [1.54, 1.807) is 42.5 Å². The van der Waals surface area contributed by atoms with Crippen molar-refractivity contribution in [1.82, 2.24) is 4.57 Å².